The number of nitriles is 1. The van der Waals surface area contributed by atoms with Gasteiger partial charge in [0, 0.05) is 25.5 Å². The molecule has 1 amide bonds. The summed E-state index contributed by atoms with van der Waals surface area (Å²) in [5, 5.41) is 10.8. The van der Waals surface area contributed by atoms with Crippen LogP contribution in [0.4, 0.5) is 0 Å². The molecule has 5 heteroatoms. The van der Waals surface area contributed by atoms with Crippen molar-refractivity contribution < 1.29 is 4.79 Å². The molecule has 0 fully saturated rings. The highest BCUT2D eigenvalue weighted by Crippen LogP contribution is 2.15. The second-order valence-electron chi connectivity index (χ2n) is 3.33. The summed E-state index contributed by atoms with van der Waals surface area (Å²) in [6.45, 7) is 1.87. The van der Waals surface area contributed by atoms with Gasteiger partial charge in [0.1, 0.15) is 0 Å². The molecule has 0 heterocycles. The molecule has 0 radical (unpaired) electrons. The molecule has 0 saturated heterocycles. The zero-order valence-electron chi connectivity index (χ0n) is 9.12. The van der Waals surface area contributed by atoms with Crippen LogP contribution in [0.1, 0.15) is 18.1 Å². The van der Waals surface area contributed by atoms with Crippen molar-refractivity contribution in [2.45, 2.75) is 13.5 Å². The molecule has 1 rings (SSSR count). The molecule has 0 saturated carbocycles. The topological polar surface area (TPSA) is 56.1 Å². The monoisotopic (exact) mass is 237 g/mol. The van der Waals surface area contributed by atoms with Crippen LogP contribution >= 0.6 is 11.6 Å². The van der Waals surface area contributed by atoms with E-state index in [0.29, 0.717) is 17.1 Å². The van der Waals surface area contributed by atoms with Crippen LogP contribution in [0, 0.1) is 11.3 Å². The SMILES string of the molecule is CC(=O)N(C)NCc1ccc(Cl)cc1C#N. The van der Waals surface area contributed by atoms with E-state index in [1.807, 2.05) is 0 Å². The number of hydrogen-bond acceptors (Lipinski definition) is 3. The summed E-state index contributed by atoms with van der Waals surface area (Å²) < 4.78 is 0. The lowest BCUT2D eigenvalue weighted by Gasteiger charge is -2.16. The van der Waals surface area contributed by atoms with Crippen molar-refractivity contribution in [1.29, 1.82) is 5.26 Å². The van der Waals surface area contributed by atoms with Gasteiger partial charge in [0.15, 0.2) is 0 Å². The summed E-state index contributed by atoms with van der Waals surface area (Å²) in [6.07, 6.45) is 0. The Bertz CT molecular complexity index is 439. The second kappa shape index (κ2) is 5.50. The fourth-order valence-corrected chi connectivity index (χ4v) is 1.29. The molecule has 0 bridgehead atoms. The molecule has 0 spiro atoms. The Morgan fingerprint density at radius 3 is 2.88 bits per heavy atom. The highest BCUT2D eigenvalue weighted by molar-refractivity contribution is 6.30. The molecule has 16 heavy (non-hydrogen) atoms. The van der Waals surface area contributed by atoms with Crippen molar-refractivity contribution in [2.24, 2.45) is 0 Å². The maximum atomic E-state index is 11.0. The van der Waals surface area contributed by atoms with E-state index in [9.17, 15) is 4.79 Å². The van der Waals surface area contributed by atoms with E-state index in [1.54, 1.807) is 25.2 Å². The van der Waals surface area contributed by atoms with Crippen LogP contribution in [0.15, 0.2) is 18.2 Å². The number of carbonyl (C=O) groups is 1. The van der Waals surface area contributed by atoms with E-state index in [4.69, 9.17) is 16.9 Å². The average Bonchev–Trinajstić information content (AvgIpc) is 2.26. The third kappa shape index (κ3) is 3.23. The third-order valence-corrected chi connectivity index (χ3v) is 2.41. The van der Waals surface area contributed by atoms with Crippen LogP contribution in [-0.2, 0) is 11.3 Å². The first-order chi connectivity index (χ1) is 7.54. The van der Waals surface area contributed by atoms with Crippen LogP contribution in [0.5, 0.6) is 0 Å². The number of benzene rings is 1. The number of amides is 1. The molecule has 4 nitrogen and oxygen atoms in total. The Hall–Kier alpha value is -1.57. The zero-order valence-corrected chi connectivity index (χ0v) is 9.88. The van der Waals surface area contributed by atoms with Gasteiger partial charge in [0.25, 0.3) is 0 Å². The molecule has 0 atom stereocenters. The van der Waals surface area contributed by atoms with Crippen molar-refractivity contribution in [3.8, 4) is 6.07 Å². The van der Waals surface area contributed by atoms with Gasteiger partial charge in [-0.05, 0) is 17.7 Å². The van der Waals surface area contributed by atoms with E-state index >= 15 is 0 Å². The smallest absolute Gasteiger partial charge is 0.233 e. The number of halogens is 1. The second-order valence-corrected chi connectivity index (χ2v) is 3.76. The quantitative estimate of drug-likeness (QED) is 0.814. The van der Waals surface area contributed by atoms with Gasteiger partial charge >= 0.3 is 0 Å². The maximum Gasteiger partial charge on any atom is 0.233 e. The van der Waals surface area contributed by atoms with Crippen LogP contribution in [-0.4, -0.2) is 18.0 Å². The molecule has 0 unspecified atom stereocenters. The van der Waals surface area contributed by atoms with E-state index < -0.39 is 0 Å². The lowest BCUT2D eigenvalue weighted by molar-refractivity contribution is -0.130. The molecule has 84 valence electrons. The van der Waals surface area contributed by atoms with Gasteiger partial charge in [-0.2, -0.15) is 5.26 Å². The van der Waals surface area contributed by atoms with Crippen molar-refractivity contribution in [3.63, 3.8) is 0 Å². The lowest BCUT2D eigenvalue weighted by atomic mass is 10.1. The van der Waals surface area contributed by atoms with Crippen LogP contribution in [0.3, 0.4) is 0 Å². The van der Waals surface area contributed by atoms with Crippen LogP contribution in [0.2, 0.25) is 5.02 Å². The Kier molecular flexibility index (Phi) is 4.29. The molecule has 1 aromatic rings. The summed E-state index contributed by atoms with van der Waals surface area (Å²) >= 11 is 5.77. The Morgan fingerprint density at radius 2 is 2.31 bits per heavy atom. The van der Waals surface area contributed by atoms with E-state index in [1.165, 1.54) is 11.9 Å². The minimum Gasteiger partial charge on any atom is -0.281 e. The number of nitrogens with one attached hydrogen (secondary N) is 1. The summed E-state index contributed by atoms with van der Waals surface area (Å²) in [5.74, 6) is -0.0903. The summed E-state index contributed by atoms with van der Waals surface area (Å²) in [7, 11) is 1.63. The molecule has 0 aliphatic carbocycles. The summed E-state index contributed by atoms with van der Waals surface area (Å²) in [4.78, 5) is 11.0. The maximum absolute atomic E-state index is 11.0. The number of carbonyl (C=O) groups excluding carboxylic acids is 1. The van der Waals surface area contributed by atoms with Crippen LogP contribution < -0.4 is 5.43 Å². The van der Waals surface area contributed by atoms with E-state index in [2.05, 4.69) is 11.5 Å². The minimum atomic E-state index is -0.0903. The highest BCUT2D eigenvalue weighted by atomic mass is 35.5. The first kappa shape index (κ1) is 12.5. The molecule has 0 aliphatic heterocycles. The summed E-state index contributed by atoms with van der Waals surface area (Å²) in [6, 6.07) is 7.15. The van der Waals surface area contributed by atoms with Gasteiger partial charge < -0.3 is 0 Å². The molecular formula is C11H12ClN3O. The van der Waals surface area contributed by atoms with Gasteiger partial charge in [-0.25, -0.2) is 5.43 Å². The lowest BCUT2D eigenvalue weighted by Crippen LogP contribution is -2.37. The van der Waals surface area contributed by atoms with Gasteiger partial charge in [0.2, 0.25) is 5.91 Å². The predicted octanol–water partition coefficient (Wildman–Crippen LogP) is 1.69. The Labute approximate surface area is 99.4 Å². The highest BCUT2D eigenvalue weighted by Gasteiger charge is 2.05. The number of hydrogen-bond donors (Lipinski definition) is 1. The van der Waals surface area contributed by atoms with Gasteiger partial charge in [0.05, 0.1) is 11.6 Å². The first-order valence-electron chi connectivity index (χ1n) is 4.71. The van der Waals surface area contributed by atoms with Crippen LogP contribution in [0.25, 0.3) is 0 Å². The molecule has 1 N–H and O–H groups in total. The fourth-order valence-electron chi connectivity index (χ4n) is 1.12. The number of nitrogens with zero attached hydrogens (tertiary/aromatic N) is 2. The van der Waals surface area contributed by atoms with Crippen molar-refractivity contribution in [1.82, 2.24) is 10.4 Å². The number of hydrazine groups is 1. The van der Waals surface area contributed by atoms with E-state index in [-0.39, 0.29) is 5.91 Å². The predicted molar refractivity (Wildman–Crippen MR) is 61.5 cm³/mol. The molecule has 1 aromatic carbocycles. The number of rotatable bonds is 3. The summed E-state index contributed by atoms with van der Waals surface area (Å²) in [5.41, 5.74) is 4.20. The van der Waals surface area contributed by atoms with E-state index in [0.717, 1.165) is 5.56 Å². The van der Waals surface area contributed by atoms with Gasteiger partial charge in [-0.3, -0.25) is 9.80 Å². The third-order valence-electron chi connectivity index (χ3n) is 2.17. The Balaban J connectivity index is 2.75. The normalized spacial score (nSPS) is 9.62. The fraction of sp³-hybridized carbons (Fsp3) is 0.273. The molecular weight excluding hydrogens is 226 g/mol. The van der Waals surface area contributed by atoms with Gasteiger partial charge in [-0.1, -0.05) is 17.7 Å². The molecule has 0 aromatic heterocycles. The van der Waals surface area contributed by atoms with Crippen molar-refractivity contribution >= 4 is 17.5 Å². The average molecular weight is 238 g/mol. The Morgan fingerprint density at radius 1 is 1.62 bits per heavy atom. The van der Waals surface area contributed by atoms with Crippen molar-refractivity contribution in [2.75, 3.05) is 7.05 Å². The van der Waals surface area contributed by atoms with Gasteiger partial charge in [-0.15, -0.1) is 0 Å². The zero-order chi connectivity index (χ0) is 12.1. The largest absolute Gasteiger partial charge is 0.281 e. The standard InChI is InChI=1S/C11H12ClN3O/c1-8(16)15(2)14-7-9-3-4-11(12)5-10(9)6-13/h3-5,14H,7H2,1-2H3. The van der Waals surface area contributed by atoms with Crippen molar-refractivity contribution in [3.05, 3.63) is 34.3 Å². The minimum absolute atomic E-state index is 0.0903. The first-order valence-corrected chi connectivity index (χ1v) is 5.08. The molecule has 0 aliphatic rings.